The Labute approximate surface area is 152 Å². The standard InChI is InChI=1S/C18H25N5O3/c1-4-15-20-16(10(2)26-15)18(24)23-7-12(11-5-6-11)13(8-23)17-19-14(9-25-3)21-22-17/h11-13H,4-9H2,1-3H3,(H,19,21,22)/t12-,13+/m1/s1. The Morgan fingerprint density at radius 3 is 2.81 bits per heavy atom. The molecule has 8 heteroatoms. The van der Waals surface area contributed by atoms with Gasteiger partial charge in [0.1, 0.15) is 12.4 Å². The third kappa shape index (κ3) is 3.13. The zero-order valence-electron chi connectivity index (χ0n) is 15.5. The molecule has 1 saturated carbocycles. The molecule has 0 bridgehead atoms. The molecule has 2 aromatic rings. The fraction of sp³-hybridized carbons (Fsp3) is 0.667. The van der Waals surface area contributed by atoms with Gasteiger partial charge in [0.2, 0.25) is 0 Å². The third-order valence-electron chi connectivity index (χ3n) is 5.39. The van der Waals surface area contributed by atoms with E-state index in [0.29, 0.717) is 48.8 Å². The Kier molecular flexibility index (Phi) is 4.52. The molecule has 2 atom stereocenters. The van der Waals surface area contributed by atoms with Crippen LogP contribution in [0, 0.1) is 18.8 Å². The molecule has 0 unspecified atom stereocenters. The molecule has 1 saturated heterocycles. The number of aromatic nitrogens is 4. The highest BCUT2D eigenvalue weighted by Crippen LogP contribution is 2.47. The number of methoxy groups -OCH3 is 1. The van der Waals surface area contributed by atoms with Gasteiger partial charge in [-0.2, -0.15) is 5.10 Å². The van der Waals surface area contributed by atoms with Crippen LogP contribution in [0.5, 0.6) is 0 Å². The molecule has 3 heterocycles. The van der Waals surface area contributed by atoms with Gasteiger partial charge >= 0.3 is 0 Å². The third-order valence-corrected chi connectivity index (χ3v) is 5.39. The van der Waals surface area contributed by atoms with Crippen LogP contribution >= 0.6 is 0 Å². The number of ether oxygens (including phenoxy) is 1. The summed E-state index contributed by atoms with van der Waals surface area (Å²) in [6, 6.07) is 0. The van der Waals surface area contributed by atoms with Crippen molar-refractivity contribution in [2.45, 2.75) is 45.6 Å². The van der Waals surface area contributed by atoms with E-state index < -0.39 is 0 Å². The summed E-state index contributed by atoms with van der Waals surface area (Å²) in [7, 11) is 1.63. The van der Waals surface area contributed by atoms with Crippen molar-refractivity contribution in [3.63, 3.8) is 0 Å². The summed E-state index contributed by atoms with van der Waals surface area (Å²) >= 11 is 0. The Morgan fingerprint density at radius 1 is 1.35 bits per heavy atom. The van der Waals surface area contributed by atoms with Crippen LogP contribution in [0.4, 0.5) is 0 Å². The molecule has 2 fully saturated rings. The summed E-state index contributed by atoms with van der Waals surface area (Å²) in [5.41, 5.74) is 0.437. The average Bonchev–Trinajstić information content (AvgIpc) is 3.06. The van der Waals surface area contributed by atoms with Crippen molar-refractivity contribution < 1.29 is 13.9 Å². The van der Waals surface area contributed by atoms with E-state index in [4.69, 9.17) is 9.15 Å². The summed E-state index contributed by atoms with van der Waals surface area (Å²) < 4.78 is 10.7. The number of carbonyl (C=O) groups is 1. The average molecular weight is 359 g/mol. The molecule has 0 aromatic carbocycles. The molecule has 0 spiro atoms. The summed E-state index contributed by atoms with van der Waals surface area (Å²) in [4.78, 5) is 23.9. The van der Waals surface area contributed by atoms with Gasteiger partial charge in [0.15, 0.2) is 23.2 Å². The van der Waals surface area contributed by atoms with Crippen LogP contribution in [0.2, 0.25) is 0 Å². The van der Waals surface area contributed by atoms with E-state index in [9.17, 15) is 4.79 Å². The molecular formula is C18H25N5O3. The minimum absolute atomic E-state index is 0.0493. The monoisotopic (exact) mass is 359 g/mol. The van der Waals surface area contributed by atoms with E-state index in [1.54, 1.807) is 14.0 Å². The highest BCUT2D eigenvalue weighted by atomic mass is 16.5. The Bertz CT molecular complexity index is 795. The van der Waals surface area contributed by atoms with Crippen molar-refractivity contribution in [2.24, 2.45) is 11.8 Å². The van der Waals surface area contributed by atoms with Gasteiger partial charge in [0, 0.05) is 32.5 Å². The first-order valence-corrected chi connectivity index (χ1v) is 9.26. The molecule has 140 valence electrons. The number of oxazole rings is 1. The minimum atomic E-state index is -0.0493. The minimum Gasteiger partial charge on any atom is -0.445 e. The van der Waals surface area contributed by atoms with Crippen molar-refractivity contribution >= 4 is 5.91 Å². The number of H-pyrrole nitrogens is 1. The van der Waals surface area contributed by atoms with Crippen molar-refractivity contribution in [3.05, 3.63) is 29.0 Å². The van der Waals surface area contributed by atoms with Gasteiger partial charge < -0.3 is 14.1 Å². The molecule has 4 rings (SSSR count). The fourth-order valence-corrected chi connectivity index (χ4v) is 3.90. The lowest BCUT2D eigenvalue weighted by atomic mass is 9.91. The number of hydrogen-bond donors (Lipinski definition) is 1. The molecular weight excluding hydrogens is 334 g/mol. The first kappa shape index (κ1) is 17.2. The maximum absolute atomic E-state index is 13.0. The summed E-state index contributed by atoms with van der Waals surface area (Å²) in [6.45, 7) is 5.54. The Balaban J connectivity index is 1.55. The lowest BCUT2D eigenvalue weighted by Crippen LogP contribution is -2.30. The van der Waals surface area contributed by atoms with Crippen molar-refractivity contribution in [2.75, 3.05) is 20.2 Å². The van der Waals surface area contributed by atoms with Crippen molar-refractivity contribution in [1.29, 1.82) is 0 Å². The summed E-state index contributed by atoms with van der Waals surface area (Å²) in [5.74, 6) is 3.89. The predicted octanol–water partition coefficient (Wildman–Crippen LogP) is 2.08. The lowest BCUT2D eigenvalue weighted by molar-refractivity contribution is 0.0777. The largest absolute Gasteiger partial charge is 0.445 e. The van der Waals surface area contributed by atoms with Crippen molar-refractivity contribution in [3.8, 4) is 0 Å². The molecule has 1 N–H and O–H groups in total. The number of hydrogen-bond acceptors (Lipinski definition) is 6. The first-order chi connectivity index (χ1) is 12.6. The van der Waals surface area contributed by atoms with Crippen LogP contribution in [-0.4, -0.2) is 51.2 Å². The van der Waals surface area contributed by atoms with Crippen LogP contribution in [0.3, 0.4) is 0 Å². The summed E-state index contributed by atoms with van der Waals surface area (Å²) in [5, 5.41) is 7.33. The SMILES string of the molecule is CCc1nc(C(=O)N2C[C@H](c3n[nH]c(COC)n3)[C@@H](C3CC3)C2)c(C)o1. The van der Waals surface area contributed by atoms with E-state index in [2.05, 4.69) is 20.2 Å². The van der Waals surface area contributed by atoms with Crippen LogP contribution in [-0.2, 0) is 17.8 Å². The highest BCUT2D eigenvalue weighted by molar-refractivity contribution is 5.93. The van der Waals surface area contributed by atoms with Gasteiger partial charge in [0.25, 0.3) is 5.91 Å². The van der Waals surface area contributed by atoms with E-state index >= 15 is 0 Å². The van der Waals surface area contributed by atoms with E-state index in [0.717, 1.165) is 18.2 Å². The van der Waals surface area contributed by atoms with Crippen LogP contribution in [0.25, 0.3) is 0 Å². The number of nitrogens with zero attached hydrogens (tertiary/aromatic N) is 4. The Hall–Kier alpha value is -2.22. The lowest BCUT2D eigenvalue weighted by Gasteiger charge is -2.14. The zero-order chi connectivity index (χ0) is 18.3. The van der Waals surface area contributed by atoms with Crippen LogP contribution < -0.4 is 0 Å². The molecule has 1 aliphatic carbocycles. The van der Waals surface area contributed by atoms with Gasteiger partial charge in [-0.05, 0) is 31.6 Å². The number of amides is 1. The maximum Gasteiger partial charge on any atom is 0.276 e. The van der Waals surface area contributed by atoms with Gasteiger partial charge in [0.05, 0.1) is 0 Å². The molecule has 2 aliphatic rings. The molecule has 8 nitrogen and oxygen atoms in total. The number of carbonyl (C=O) groups excluding carboxylic acids is 1. The van der Waals surface area contributed by atoms with Gasteiger partial charge in [-0.25, -0.2) is 9.97 Å². The van der Waals surface area contributed by atoms with E-state index in [-0.39, 0.29) is 11.8 Å². The molecule has 2 aromatic heterocycles. The fourth-order valence-electron chi connectivity index (χ4n) is 3.90. The molecule has 1 aliphatic heterocycles. The maximum atomic E-state index is 13.0. The van der Waals surface area contributed by atoms with Crippen LogP contribution in [0.1, 0.15) is 59.5 Å². The summed E-state index contributed by atoms with van der Waals surface area (Å²) in [6.07, 6.45) is 3.13. The predicted molar refractivity (Wildman–Crippen MR) is 92.6 cm³/mol. The van der Waals surface area contributed by atoms with Crippen molar-refractivity contribution in [1.82, 2.24) is 25.1 Å². The molecule has 0 radical (unpaired) electrons. The second-order valence-electron chi connectivity index (χ2n) is 7.26. The second kappa shape index (κ2) is 6.83. The van der Waals surface area contributed by atoms with Gasteiger partial charge in [-0.1, -0.05) is 6.92 Å². The number of nitrogens with one attached hydrogen (secondary N) is 1. The van der Waals surface area contributed by atoms with Gasteiger partial charge in [-0.3, -0.25) is 9.89 Å². The highest BCUT2D eigenvalue weighted by Gasteiger charge is 2.46. The smallest absolute Gasteiger partial charge is 0.276 e. The van der Waals surface area contributed by atoms with E-state index in [1.165, 1.54) is 12.8 Å². The topological polar surface area (TPSA) is 97.1 Å². The number of aryl methyl sites for hydroxylation is 2. The number of aromatic amines is 1. The zero-order valence-corrected chi connectivity index (χ0v) is 15.5. The molecule has 26 heavy (non-hydrogen) atoms. The van der Waals surface area contributed by atoms with Crippen LogP contribution in [0.15, 0.2) is 4.42 Å². The van der Waals surface area contributed by atoms with E-state index in [1.807, 2.05) is 11.8 Å². The quantitative estimate of drug-likeness (QED) is 0.848. The van der Waals surface area contributed by atoms with Gasteiger partial charge in [-0.15, -0.1) is 0 Å². The Morgan fingerprint density at radius 2 is 2.15 bits per heavy atom. The number of rotatable bonds is 6. The molecule has 1 amide bonds. The normalized spacial score (nSPS) is 23.0. The number of likely N-dealkylation sites (tertiary alicyclic amines) is 1. The first-order valence-electron chi connectivity index (χ1n) is 9.26. The second-order valence-corrected chi connectivity index (χ2v) is 7.26.